The lowest BCUT2D eigenvalue weighted by Gasteiger charge is -2.30. The molecule has 0 unspecified atom stereocenters. The number of ether oxygens (including phenoxy) is 1. The number of benzene rings is 2. The number of fused-ring (bicyclic) bond motifs is 1. The van der Waals surface area contributed by atoms with Crippen molar-refractivity contribution in [2.24, 2.45) is 5.92 Å². The molecule has 1 heterocycles. The number of rotatable bonds is 7. The van der Waals surface area contributed by atoms with E-state index in [2.05, 4.69) is 42.3 Å². The topological polar surface area (TPSA) is 41.6 Å². The molecule has 1 atom stereocenters. The lowest BCUT2D eigenvalue weighted by molar-refractivity contribution is -0.123. The molecular formula is C26H31FN2O2. The van der Waals surface area contributed by atoms with Crippen LogP contribution in [0.5, 0.6) is 5.75 Å². The van der Waals surface area contributed by atoms with Gasteiger partial charge in [-0.15, -0.1) is 0 Å². The van der Waals surface area contributed by atoms with Gasteiger partial charge in [0.15, 0.2) is 0 Å². The molecule has 1 saturated heterocycles. The number of amides is 1. The quantitative estimate of drug-likeness (QED) is 0.726. The highest BCUT2D eigenvalue weighted by molar-refractivity contribution is 5.79. The first kappa shape index (κ1) is 21.6. The van der Waals surface area contributed by atoms with Crippen molar-refractivity contribution in [3.63, 3.8) is 0 Å². The van der Waals surface area contributed by atoms with Gasteiger partial charge in [0, 0.05) is 19.6 Å². The van der Waals surface area contributed by atoms with Gasteiger partial charge in [0.25, 0.3) is 0 Å². The highest BCUT2D eigenvalue weighted by Gasteiger charge is 2.21. The van der Waals surface area contributed by atoms with E-state index in [1.807, 2.05) is 12.1 Å². The van der Waals surface area contributed by atoms with Crippen LogP contribution in [0.25, 0.3) is 5.57 Å². The zero-order chi connectivity index (χ0) is 21.8. The molecule has 2 aromatic carbocycles. The first-order valence-corrected chi connectivity index (χ1v) is 11.2. The van der Waals surface area contributed by atoms with Crippen molar-refractivity contribution < 1.29 is 13.9 Å². The summed E-state index contributed by atoms with van der Waals surface area (Å²) in [6, 6.07) is 13.1. The van der Waals surface area contributed by atoms with Gasteiger partial charge in [-0.2, -0.15) is 0 Å². The summed E-state index contributed by atoms with van der Waals surface area (Å²) in [5.41, 5.74) is 6.53. The fourth-order valence-electron chi connectivity index (χ4n) is 4.51. The summed E-state index contributed by atoms with van der Waals surface area (Å²) in [7, 11) is 0. The molecule has 0 saturated carbocycles. The lowest BCUT2D eigenvalue weighted by atomic mass is 9.86. The number of aryl methyl sites for hydroxylation is 1. The van der Waals surface area contributed by atoms with Crippen molar-refractivity contribution >= 4 is 11.5 Å². The number of hydrogen-bond acceptors (Lipinski definition) is 3. The van der Waals surface area contributed by atoms with Crippen molar-refractivity contribution in [2.45, 2.75) is 33.1 Å². The fraction of sp³-hybridized carbons (Fsp3) is 0.423. The van der Waals surface area contributed by atoms with Crippen LogP contribution in [-0.2, 0) is 17.6 Å². The molecule has 2 aliphatic rings. The summed E-state index contributed by atoms with van der Waals surface area (Å²) in [6.45, 7) is 8.00. The number of nitrogens with zero attached hydrogens (tertiary/aromatic N) is 1. The Morgan fingerprint density at radius 2 is 1.97 bits per heavy atom. The Hall–Kier alpha value is -2.66. The third kappa shape index (κ3) is 5.53. The van der Waals surface area contributed by atoms with Crippen LogP contribution in [0.1, 0.15) is 37.0 Å². The molecule has 1 amide bonds. The highest BCUT2D eigenvalue weighted by atomic mass is 19.1. The summed E-state index contributed by atoms with van der Waals surface area (Å²) >= 11 is 0. The molecule has 1 aliphatic carbocycles. The molecule has 0 radical (unpaired) electrons. The van der Waals surface area contributed by atoms with Crippen molar-refractivity contribution in [3.05, 3.63) is 70.5 Å². The molecule has 1 fully saturated rings. The van der Waals surface area contributed by atoms with Gasteiger partial charge < -0.3 is 10.1 Å². The van der Waals surface area contributed by atoms with E-state index in [1.54, 1.807) is 0 Å². The van der Waals surface area contributed by atoms with Crippen molar-refractivity contribution in [2.75, 3.05) is 32.8 Å². The van der Waals surface area contributed by atoms with Crippen LogP contribution in [0, 0.1) is 11.7 Å². The minimum atomic E-state index is -0.198. The van der Waals surface area contributed by atoms with Gasteiger partial charge in [-0.3, -0.25) is 9.69 Å². The zero-order valence-electron chi connectivity index (χ0n) is 18.4. The summed E-state index contributed by atoms with van der Waals surface area (Å²) in [5, 5.41) is 2.89. The smallest absolute Gasteiger partial charge is 0.234 e. The van der Waals surface area contributed by atoms with E-state index in [0.29, 0.717) is 19.1 Å². The lowest BCUT2D eigenvalue weighted by Crippen LogP contribution is -2.48. The van der Waals surface area contributed by atoms with E-state index in [9.17, 15) is 9.18 Å². The number of carbonyl (C=O) groups is 1. The molecule has 1 aliphatic heterocycles. The molecule has 2 aromatic rings. The van der Waals surface area contributed by atoms with E-state index in [-0.39, 0.29) is 11.7 Å². The van der Waals surface area contributed by atoms with E-state index in [0.717, 1.165) is 50.2 Å². The number of hydrogen-bond donors (Lipinski definition) is 1. The van der Waals surface area contributed by atoms with Crippen molar-refractivity contribution in [1.82, 2.24) is 10.2 Å². The maximum Gasteiger partial charge on any atom is 0.234 e. The first-order chi connectivity index (χ1) is 15.0. The first-order valence-electron chi connectivity index (χ1n) is 11.2. The predicted octanol–water partition coefficient (Wildman–Crippen LogP) is 4.23. The minimum absolute atomic E-state index is 0.121. The van der Waals surface area contributed by atoms with Crippen LogP contribution in [0.15, 0.2) is 48.0 Å². The van der Waals surface area contributed by atoms with E-state index >= 15 is 0 Å². The van der Waals surface area contributed by atoms with Crippen LogP contribution in [-0.4, -0.2) is 43.6 Å². The van der Waals surface area contributed by atoms with Gasteiger partial charge in [0.1, 0.15) is 11.6 Å². The Morgan fingerprint density at radius 1 is 1.16 bits per heavy atom. The van der Waals surface area contributed by atoms with Gasteiger partial charge in [-0.1, -0.05) is 30.7 Å². The molecule has 1 N–H and O–H groups in total. The molecule has 4 nitrogen and oxygen atoms in total. The molecule has 0 spiro atoms. The second-order valence-corrected chi connectivity index (χ2v) is 8.85. The normalized spacial score (nSPS) is 17.8. The highest BCUT2D eigenvalue weighted by Crippen LogP contribution is 2.33. The fourth-order valence-corrected chi connectivity index (χ4v) is 4.51. The van der Waals surface area contributed by atoms with Crippen LogP contribution in [0.4, 0.5) is 4.39 Å². The van der Waals surface area contributed by atoms with Crippen molar-refractivity contribution in [1.29, 1.82) is 0 Å². The number of halogens is 1. The number of piperazine rings is 1. The number of carbonyl (C=O) groups excluding carboxylic acids is 1. The van der Waals surface area contributed by atoms with E-state index in [1.165, 1.54) is 34.4 Å². The number of nitrogens with one attached hydrogen (secondary N) is 1. The van der Waals surface area contributed by atoms with Crippen LogP contribution in [0.3, 0.4) is 0 Å². The number of allylic oxidation sites excluding steroid dienone is 1. The standard InChI is InChI=1S/C26H31FN2O2/c1-18(13-20-3-7-23(27)8-4-20)17-31-24-9-10-25-19(2)22(6-5-21(25)14-24)15-29-12-11-28-26(30)16-29/h3-4,7-10,14,18H,5-6,11-13,15-17H2,1-2H3,(H,28,30)/t18-/m1/s1. The molecule has 164 valence electrons. The Bertz CT molecular complexity index is 968. The Labute approximate surface area is 184 Å². The van der Waals surface area contributed by atoms with Gasteiger partial charge >= 0.3 is 0 Å². The second kappa shape index (κ2) is 9.65. The minimum Gasteiger partial charge on any atom is -0.493 e. The molecule has 5 heteroatoms. The molecule has 31 heavy (non-hydrogen) atoms. The van der Waals surface area contributed by atoms with Crippen LogP contribution >= 0.6 is 0 Å². The van der Waals surface area contributed by atoms with Crippen molar-refractivity contribution in [3.8, 4) is 5.75 Å². The third-order valence-corrected chi connectivity index (χ3v) is 6.27. The predicted molar refractivity (Wildman–Crippen MR) is 122 cm³/mol. The summed E-state index contributed by atoms with van der Waals surface area (Å²) in [4.78, 5) is 13.9. The molecule has 0 aromatic heterocycles. The van der Waals surface area contributed by atoms with Gasteiger partial charge in [-0.25, -0.2) is 4.39 Å². The largest absolute Gasteiger partial charge is 0.493 e. The zero-order valence-corrected chi connectivity index (χ0v) is 18.4. The SMILES string of the molecule is CC1=C(CN2CCNC(=O)C2)CCc2cc(OC[C@H](C)Cc3ccc(F)cc3)ccc21. The Balaban J connectivity index is 1.36. The summed E-state index contributed by atoms with van der Waals surface area (Å²) in [5.74, 6) is 1.18. The average Bonchev–Trinajstić information content (AvgIpc) is 2.76. The van der Waals surface area contributed by atoms with Crippen LogP contribution in [0.2, 0.25) is 0 Å². The maximum absolute atomic E-state index is 13.1. The van der Waals surface area contributed by atoms with Gasteiger partial charge in [0.2, 0.25) is 5.91 Å². The van der Waals surface area contributed by atoms with Gasteiger partial charge in [-0.05, 0) is 78.6 Å². The summed E-state index contributed by atoms with van der Waals surface area (Å²) < 4.78 is 19.2. The average molecular weight is 423 g/mol. The van der Waals surface area contributed by atoms with Crippen LogP contribution < -0.4 is 10.1 Å². The monoisotopic (exact) mass is 422 g/mol. The second-order valence-electron chi connectivity index (χ2n) is 8.85. The maximum atomic E-state index is 13.1. The molecule has 0 bridgehead atoms. The Morgan fingerprint density at radius 3 is 2.74 bits per heavy atom. The Kier molecular flexibility index (Phi) is 6.71. The van der Waals surface area contributed by atoms with E-state index in [4.69, 9.17) is 4.74 Å². The third-order valence-electron chi connectivity index (χ3n) is 6.27. The van der Waals surface area contributed by atoms with E-state index < -0.39 is 0 Å². The van der Waals surface area contributed by atoms with Gasteiger partial charge in [0.05, 0.1) is 13.2 Å². The molecule has 4 rings (SSSR count). The summed E-state index contributed by atoms with van der Waals surface area (Å²) in [6.07, 6.45) is 2.90. The molecular weight excluding hydrogens is 391 g/mol.